The molecule has 0 aliphatic carbocycles. The molecule has 0 radical (unpaired) electrons. The summed E-state index contributed by atoms with van der Waals surface area (Å²) in [5.74, 6) is 5.47. The molecule has 1 aromatic rings. The van der Waals surface area contributed by atoms with Gasteiger partial charge in [-0.25, -0.2) is 4.98 Å². The molecule has 66 valence electrons. The first kappa shape index (κ1) is 11.5. The van der Waals surface area contributed by atoms with Gasteiger partial charge in [-0.15, -0.1) is 0 Å². The summed E-state index contributed by atoms with van der Waals surface area (Å²) in [6.45, 7) is 4.00. The monoisotopic (exact) mass is 180 g/mol. The van der Waals surface area contributed by atoms with Gasteiger partial charge in [0.2, 0.25) is 0 Å². The molecule has 1 rings (SSSR count). The van der Waals surface area contributed by atoms with Crippen LogP contribution in [0.2, 0.25) is 11.6 Å². The van der Waals surface area contributed by atoms with E-state index in [4.69, 9.17) is 0 Å². The van der Waals surface area contributed by atoms with Crippen molar-refractivity contribution in [1.29, 1.82) is 0 Å². The zero-order valence-corrected chi connectivity index (χ0v) is 9.49. The zero-order valence-electron chi connectivity index (χ0n) is 8.33. The minimum atomic E-state index is -0.710. The van der Waals surface area contributed by atoms with E-state index < -0.39 is 14.4 Å². The molecular formula is C9H17AlN2. The van der Waals surface area contributed by atoms with Crippen molar-refractivity contribution >= 4 is 20.2 Å². The first-order valence-corrected chi connectivity index (χ1v) is 7.35. The topological polar surface area (TPSA) is 24.9 Å². The summed E-state index contributed by atoms with van der Waals surface area (Å²) >= 11 is -0.710. The van der Waals surface area contributed by atoms with E-state index in [9.17, 15) is 0 Å². The fourth-order valence-electron chi connectivity index (χ4n) is 0.744. The maximum absolute atomic E-state index is 4.14. The molecule has 0 saturated heterocycles. The molecule has 0 unspecified atom stereocenters. The van der Waals surface area contributed by atoms with Crippen molar-refractivity contribution in [2.24, 2.45) is 0 Å². The Morgan fingerprint density at radius 3 is 2.33 bits per heavy atom. The van der Waals surface area contributed by atoms with E-state index in [0.29, 0.717) is 0 Å². The Kier molecular flexibility index (Phi) is 6.84. The molecule has 0 amide bonds. The maximum Gasteiger partial charge on any atom is 0.405 e. The summed E-state index contributed by atoms with van der Waals surface area (Å²) in [6.07, 6.45) is 1.80. The molecular weight excluding hydrogens is 163 g/mol. The molecule has 0 aliphatic heterocycles. The molecule has 1 N–H and O–H groups in total. The Morgan fingerprint density at radius 2 is 1.92 bits per heavy atom. The van der Waals surface area contributed by atoms with E-state index in [0.717, 1.165) is 5.82 Å². The van der Waals surface area contributed by atoms with Gasteiger partial charge < -0.3 is 4.30 Å². The van der Waals surface area contributed by atoms with Crippen LogP contribution in [0.4, 0.5) is 5.82 Å². The standard InChI is InChI=1S/C5H5N2.C2H6.2CH3.Al/c6-5-3-1-2-4-7-5;1-2;;;/h1-4H,(H-,6,7);1-2H3;2*1H3;/q-1;;;;+1. The lowest BCUT2D eigenvalue weighted by Gasteiger charge is -2.03. The van der Waals surface area contributed by atoms with Crippen molar-refractivity contribution in [3.05, 3.63) is 24.4 Å². The first-order valence-electron chi connectivity index (χ1n) is 4.46. The number of aromatic nitrogens is 1. The average molecular weight is 180 g/mol. The van der Waals surface area contributed by atoms with Gasteiger partial charge in [0.1, 0.15) is 5.82 Å². The molecule has 0 atom stereocenters. The second-order valence-corrected chi connectivity index (χ2v) is 5.11. The molecule has 0 spiro atoms. The number of hydrogen-bond acceptors (Lipinski definition) is 2. The number of hydrogen-bond donors (Lipinski definition) is 1. The quantitative estimate of drug-likeness (QED) is 0.708. The summed E-state index contributed by atoms with van der Waals surface area (Å²) in [6, 6.07) is 5.91. The van der Waals surface area contributed by atoms with Crippen LogP contribution >= 0.6 is 0 Å². The Bertz CT molecular complexity index is 187. The van der Waals surface area contributed by atoms with Gasteiger partial charge in [0.05, 0.1) is 0 Å². The van der Waals surface area contributed by atoms with Gasteiger partial charge in [-0.1, -0.05) is 31.5 Å². The molecule has 12 heavy (non-hydrogen) atoms. The highest BCUT2D eigenvalue weighted by Crippen LogP contribution is 1.99. The van der Waals surface area contributed by atoms with Crippen molar-refractivity contribution in [2.45, 2.75) is 25.4 Å². The summed E-state index contributed by atoms with van der Waals surface area (Å²) in [5, 5.41) is 0. The minimum absolute atomic E-state index is 0.710. The largest absolute Gasteiger partial charge is 0.461 e. The van der Waals surface area contributed by atoms with Crippen molar-refractivity contribution in [2.75, 3.05) is 4.30 Å². The molecule has 0 aliphatic rings. The van der Waals surface area contributed by atoms with Crippen LogP contribution < -0.4 is 4.30 Å². The lowest BCUT2D eigenvalue weighted by molar-refractivity contribution is 1.33. The molecule has 1 heterocycles. The molecule has 0 saturated carbocycles. The second-order valence-electron chi connectivity index (χ2n) is 2.51. The Hall–Kier alpha value is -0.518. The van der Waals surface area contributed by atoms with E-state index in [-0.39, 0.29) is 0 Å². The third-order valence-electron chi connectivity index (χ3n) is 1.10. The molecule has 1 aromatic heterocycles. The highest BCUT2D eigenvalue weighted by molar-refractivity contribution is 6.59. The summed E-state index contributed by atoms with van der Waals surface area (Å²) in [4.78, 5) is 4.14. The van der Waals surface area contributed by atoms with Crippen molar-refractivity contribution in [3.8, 4) is 0 Å². The normalized spacial score (nSPS) is 8.00. The lowest BCUT2D eigenvalue weighted by atomic mass is 10.5. The van der Waals surface area contributed by atoms with Crippen LogP contribution in [0.5, 0.6) is 0 Å². The van der Waals surface area contributed by atoms with E-state index in [1.807, 2.05) is 32.0 Å². The van der Waals surface area contributed by atoms with Crippen molar-refractivity contribution in [3.63, 3.8) is 0 Å². The second kappa shape index (κ2) is 7.15. The predicted octanol–water partition coefficient (Wildman–Crippen LogP) is 2.77. The molecule has 0 bridgehead atoms. The van der Waals surface area contributed by atoms with Crippen LogP contribution in [0, 0.1) is 0 Å². The molecule has 0 aromatic carbocycles. The minimum Gasteiger partial charge on any atom is -0.461 e. The first-order chi connectivity index (χ1) is 5.79. The molecule has 2 nitrogen and oxygen atoms in total. The van der Waals surface area contributed by atoms with E-state index in [1.165, 1.54) is 0 Å². The molecule has 0 fully saturated rings. The van der Waals surface area contributed by atoms with Crippen LogP contribution in [0.15, 0.2) is 24.4 Å². The fourth-order valence-corrected chi connectivity index (χ4v) is 1.51. The van der Waals surface area contributed by atoms with Gasteiger partial charge in [0, 0.05) is 6.20 Å². The highest BCUT2D eigenvalue weighted by Gasteiger charge is 2.01. The summed E-state index contributed by atoms with van der Waals surface area (Å²) in [5.41, 5.74) is 0. The van der Waals surface area contributed by atoms with Crippen LogP contribution in [0.1, 0.15) is 13.8 Å². The predicted molar refractivity (Wildman–Crippen MR) is 56.7 cm³/mol. The number of rotatable bonds is 2. The van der Waals surface area contributed by atoms with Gasteiger partial charge in [-0.2, -0.15) is 0 Å². The zero-order chi connectivity index (χ0) is 9.40. The smallest absolute Gasteiger partial charge is 0.405 e. The third kappa shape index (κ3) is 5.17. The van der Waals surface area contributed by atoms with Gasteiger partial charge in [-0.3, -0.25) is 0 Å². The van der Waals surface area contributed by atoms with Gasteiger partial charge in [-0.05, 0) is 12.1 Å². The van der Waals surface area contributed by atoms with Crippen molar-refractivity contribution < 1.29 is 0 Å². The maximum atomic E-state index is 4.14. The summed E-state index contributed by atoms with van der Waals surface area (Å²) in [7, 11) is 0. The number of anilines is 1. The van der Waals surface area contributed by atoms with E-state index in [2.05, 4.69) is 20.9 Å². The summed E-state index contributed by atoms with van der Waals surface area (Å²) < 4.78 is 3.33. The Balaban J connectivity index is 0.000000561. The number of nitrogens with zero attached hydrogens (tertiary/aromatic N) is 1. The van der Waals surface area contributed by atoms with Gasteiger partial charge in [0.25, 0.3) is 0 Å². The number of pyridine rings is 1. The average Bonchev–Trinajstić information content (AvgIpc) is 2.08. The van der Waals surface area contributed by atoms with E-state index in [1.54, 1.807) is 6.20 Å². The fraction of sp³-hybridized carbons (Fsp3) is 0.444. The SMILES string of the molecule is CC.[CH3][Al]([CH3])[NH]c1ccccn1. The van der Waals surface area contributed by atoms with Crippen molar-refractivity contribution in [1.82, 2.24) is 4.98 Å². The lowest BCUT2D eigenvalue weighted by Crippen LogP contribution is -2.15. The third-order valence-corrected chi connectivity index (χ3v) is 1.97. The Labute approximate surface area is 79.6 Å². The van der Waals surface area contributed by atoms with Crippen LogP contribution in [0.3, 0.4) is 0 Å². The van der Waals surface area contributed by atoms with Crippen LogP contribution in [-0.2, 0) is 0 Å². The van der Waals surface area contributed by atoms with Gasteiger partial charge in [0.15, 0.2) is 0 Å². The van der Waals surface area contributed by atoms with Crippen LogP contribution in [0.25, 0.3) is 0 Å². The molecule has 3 heteroatoms. The Morgan fingerprint density at radius 1 is 1.25 bits per heavy atom. The number of nitrogens with one attached hydrogen (secondary N) is 1. The highest BCUT2D eigenvalue weighted by atomic mass is 27.2. The van der Waals surface area contributed by atoms with E-state index >= 15 is 0 Å². The van der Waals surface area contributed by atoms with Gasteiger partial charge >= 0.3 is 14.4 Å². The van der Waals surface area contributed by atoms with Crippen LogP contribution in [-0.4, -0.2) is 19.4 Å².